The van der Waals surface area contributed by atoms with Gasteiger partial charge in [0.2, 0.25) is 0 Å². The van der Waals surface area contributed by atoms with Crippen LogP contribution in [0.5, 0.6) is 0 Å². The van der Waals surface area contributed by atoms with E-state index in [0.717, 1.165) is 5.56 Å². The van der Waals surface area contributed by atoms with Crippen LogP contribution in [0.15, 0.2) is 30.3 Å². The van der Waals surface area contributed by atoms with Crippen molar-refractivity contribution >= 4 is 0 Å². The highest BCUT2D eigenvalue weighted by atomic mass is 16.5. The Kier molecular flexibility index (Phi) is 7.38. The van der Waals surface area contributed by atoms with E-state index < -0.39 is 5.54 Å². The topological polar surface area (TPSA) is 54.3 Å². The van der Waals surface area contributed by atoms with Crippen LogP contribution in [0.4, 0.5) is 0 Å². The van der Waals surface area contributed by atoms with Crippen LogP contribution in [0.2, 0.25) is 0 Å². The summed E-state index contributed by atoms with van der Waals surface area (Å²) in [5.41, 5.74) is 0.0961. The molecule has 0 spiro atoms. The second-order valence-electron chi connectivity index (χ2n) is 5.65. The van der Waals surface area contributed by atoms with Crippen LogP contribution in [-0.2, 0) is 15.0 Å². The van der Waals surface area contributed by atoms with Crippen LogP contribution < -0.4 is 5.32 Å². The molecule has 0 heterocycles. The van der Waals surface area contributed by atoms with E-state index in [1.807, 2.05) is 58.0 Å². The van der Waals surface area contributed by atoms with Gasteiger partial charge in [-0.05, 0) is 33.3 Å². The van der Waals surface area contributed by atoms with E-state index in [1.165, 1.54) is 0 Å². The van der Waals surface area contributed by atoms with Crippen molar-refractivity contribution in [2.24, 2.45) is 0 Å². The summed E-state index contributed by atoms with van der Waals surface area (Å²) in [7, 11) is 0. The number of ether oxygens (including phenoxy) is 2. The molecule has 1 N–H and O–H groups in total. The molecule has 1 aromatic rings. The van der Waals surface area contributed by atoms with Crippen molar-refractivity contribution in [1.29, 1.82) is 5.26 Å². The number of benzene rings is 1. The molecule has 4 heteroatoms. The van der Waals surface area contributed by atoms with Crippen LogP contribution in [0.3, 0.4) is 0 Å². The predicted molar refractivity (Wildman–Crippen MR) is 83.9 cm³/mol. The summed E-state index contributed by atoms with van der Waals surface area (Å²) in [6, 6.07) is 12.3. The summed E-state index contributed by atoms with van der Waals surface area (Å²) < 4.78 is 11.1. The molecule has 0 bridgehead atoms. The minimum Gasteiger partial charge on any atom is -0.376 e. The lowest BCUT2D eigenvalue weighted by Crippen LogP contribution is -2.48. The number of nitrogens with zero attached hydrogens (tertiary/aromatic N) is 1. The van der Waals surface area contributed by atoms with Gasteiger partial charge in [-0.2, -0.15) is 5.26 Å². The van der Waals surface area contributed by atoms with Gasteiger partial charge < -0.3 is 9.47 Å². The molecule has 4 nitrogen and oxygen atoms in total. The maximum absolute atomic E-state index is 9.70. The van der Waals surface area contributed by atoms with E-state index in [9.17, 15) is 5.26 Å². The maximum atomic E-state index is 9.70. The molecule has 0 aliphatic heterocycles. The number of nitriles is 1. The third-order valence-electron chi connectivity index (χ3n) is 2.99. The van der Waals surface area contributed by atoms with Crippen molar-refractivity contribution < 1.29 is 9.47 Å². The molecule has 0 radical (unpaired) electrons. The van der Waals surface area contributed by atoms with Gasteiger partial charge in [0.25, 0.3) is 0 Å². The van der Waals surface area contributed by atoms with Gasteiger partial charge in [0, 0.05) is 6.04 Å². The van der Waals surface area contributed by atoms with E-state index in [1.54, 1.807) is 0 Å². The zero-order valence-corrected chi connectivity index (χ0v) is 13.4. The van der Waals surface area contributed by atoms with Crippen molar-refractivity contribution in [3.63, 3.8) is 0 Å². The molecule has 0 fully saturated rings. The highest BCUT2D eigenvalue weighted by molar-refractivity contribution is 5.31. The van der Waals surface area contributed by atoms with Crippen LogP contribution >= 0.6 is 0 Å². The van der Waals surface area contributed by atoms with Crippen molar-refractivity contribution in [1.82, 2.24) is 5.32 Å². The molecule has 116 valence electrons. The molecule has 21 heavy (non-hydrogen) atoms. The van der Waals surface area contributed by atoms with E-state index >= 15 is 0 Å². The molecule has 0 saturated carbocycles. The Morgan fingerprint density at radius 2 is 1.81 bits per heavy atom. The minimum atomic E-state index is -0.826. The fourth-order valence-electron chi connectivity index (χ4n) is 2.12. The average Bonchev–Trinajstić information content (AvgIpc) is 2.46. The van der Waals surface area contributed by atoms with Gasteiger partial charge in [0.05, 0.1) is 32.0 Å². The van der Waals surface area contributed by atoms with Crippen LogP contribution in [-0.4, -0.2) is 32.0 Å². The van der Waals surface area contributed by atoms with Gasteiger partial charge in [-0.15, -0.1) is 0 Å². The normalized spacial score (nSPS) is 14.1. The van der Waals surface area contributed by atoms with Gasteiger partial charge in [0.15, 0.2) is 5.54 Å². The van der Waals surface area contributed by atoms with E-state index in [4.69, 9.17) is 9.47 Å². The lowest BCUT2D eigenvalue weighted by Gasteiger charge is -2.30. The number of rotatable bonds is 9. The first-order chi connectivity index (χ1) is 10.00. The van der Waals surface area contributed by atoms with Crippen LogP contribution in [0.1, 0.15) is 33.3 Å². The molecule has 1 atom stereocenters. The summed E-state index contributed by atoms with van der Waals surface area (Å²) in [4.78, 5) is 0. The molecule has 0 aliphatic carbocycles. The van der Waals surface area contributed by atoms with E-state index in [-0.39, 0.29) is 12.1 Å². The zero-order chi connectivity index (χ0) is 15.7. The summed E-state index contributed by atoms with van der Waals surface area (Å²) in [5.74, 6) is 0. The van der Waals surface area contributed by atoms with E-state index in [2.05, 4.69) is 11.4 Å². The first kappa shape index (κ1) is 17.6. The van der Waals surface area contributed by atoms with Gasteiger partial charge in [-0.3, -0.25) is 5.32 Å². The molecule has 0 aromatic heterocycles. The van der Waals surface area contributed by atoms with Crippen molar-refractivity contribution in [3.05, 3.63) is 35.9 Å². The Morgan fingerprint density at radius 3 is 2.33 bits per heavy atom. The Labute approximate surface area is 128 Å². The van der Waals surface area contributed by atoms with E-state index in [0.29, 0.717) is 19.8 Å². The first-order valence-corrected chi connectivity index (χ1v) is 7.44. The Bertz CT molecular complexity index is 440. The lowest BCUT2D eigenvalue weighted by atomic mass is 9.91. The second-order valence-corrected chi connectivity index (χ2v) is 5.65. The monoisotopic (exact) mass is 290 g/mol. The smallest absolute Gasteiger partial charge is 0.156 e. The Balaban J connectivity index is 2.71. The highest BCUT2D eigenvalue weighted by Gasteiger charge is 2.33. The quantitative estimate of drug-likeness (QED) is 0.711. The zero-order valence-electron chi connectivity index (χ0n) is 13.4. The summed E-state index contributed by atoms with van der Waals surface area (Å²) in [6.07, 6.45) is 0.192. The maximum Gasteiger partial charge on any atom is 0.156 e. The number of hydrogen-bond donors (Lipinski definition) is 1. The standard InChI is InChI=1S/C17H26N2O2/c1-14(2)19-17(12-18,16-8-6-5-7-9-16)13-20-10-11-21-15(3)4/h5-9,14-15,19H,10-11,13H2,1-4H3. The lowest BCUT2D eigenvalue weighted by molar-refractivity contribution is 0.00576. The fraction of sp³-hybridized carbons (Fsp3) is 0.588. The summed E-state index contributed by atoms with van der Waals surface area (Å²) in [5, 5.41) is 13.0. The minimum absolute atomic E-state index is 0.181. The van der Waals surface area contributed by atoms with Gasteiger partial charge >= 0.3 is 0 Å². The third kappa shape index (κ3) is 5.84. The van der Waals surface area contributed by atoms with Crippen molar-refractivity contribution in [2.75, 3.05) is 19.8 Å². The molecule has 0 saturated heterocycles. The average molecular weight is 290 g/mol. The second kappa shape index (κ2) is 8.78. The SMILES string of the molecule is CC(C)NC(C#N)(COCCOC(C)C)c1ccccc1. The van der Waals surface area contributed by atoms with Crippen LogP contribution in [0.25, 0.3) is 0 Å². The molecule has 1 rings (SSSR count). The Hall–Kier alpha value is -1.41. The van der Waals surface area contributed by atoms with Gasteiger partial charge in [-0.1, -0.05) is 30.3 Å². The fourth-order valence-corrected chi connectivity index (χ4v) is 2.12. The molecule has 0 amide bonds. The highest BCUT2D eigenvalue weighted by Crippen LogP contribution is 2.21. The van der Waals surface area contributed by atoms with Crippen molar-refractivity contribution in [3.8, 4) is 6.07 Å². The molecule has 0 aliphatic rings. The summed E-state index contributed by atoms with van der Waals surface area (Å²) in [6.45, 7) is 9.35. The third-order valence-corrected chi connectivity index (χ3v) is 2.99. The van der Waals surface area contributed by atoms with Gasteiger partial charge in [0.1, 0.15) is 0 Å². The molecular formula is C17H26N2O2. The largest absolute Gasteiger partial charge is 0.376 e. The summed E-state index contributed by atoms with van der Waals surface area (Å²) >= 11 is 0. The van der Waals surface area contributed by atoms with Crippen molar-refractivity contribution in [2.45, 2.75) is 45.4 Å². The number of hydrogen-bond acceptors (Lipinski definition) is 4. The predicted octanol–water partition coefficient (Wildman–Crippen LogP) is 2.85. The molecular weight excluding hydrogens is 264 g/mol. The molecule has 1 unspecified atom stereocenters. The first-order valence-electron chi connectivity index (χ1n) is 7.44. The Morgan fingerprint density at radius 1 is 1.14 bits per heavy atom. The van der Waals surface area contributed by atoms with Crippen LogP contribution in [0, 0.1) is 11.3 Å². The van der Waals surface area contributed by atoms with Gasteiger partial charge in [-0.25, -0.2) is 0 Å². The molecule has 1 aromatic carbocycles. The number of nitrogens with one attached hydrogen (secondary N) is 1.